The van der Waals surface area contributed by atoms with E-state index in [1.54, 1.807) is 18.2 Å². The van der Waals surface area contributed by atoms with Crippen LogP contribution in [0.5, 0.6) is 5.75 Å². The minimum Gasteiger partial charge on any atom is -0.507 e. The van der Waals surface area contributed by atoms with Gasteiger partial charge in [-0.2, -0.15) is 0 Å². The Hall–Kier alpha value is -2.53. The van der Waals surface area contributed by atoms with Crippen LogP contribution < -0.4 is 4.90 Å². The predicted molar refractivity (Wildman–Crippen MR) is 77.0 cm³/mol. The Morgan fingerprint density at radius 3 is 2.67 bits per heavy atom. The minimum atomic E-state index is -1.25. The molecule has 0 fully saturated rings. The first-order valence-electron chi connectivity index (χ1n) is 6.14. The summed E-state index contributed by atoms with van der Waals surface area (Å²) in [5, 5.41) is 18.9. The molecule has 0 radical (unpaired) electrons. The first-order chi connectivity index (χ1) is 9.99. The highest BCUT2D eigenvalue weighted by atomic mass is 35.5. The van der Waals surface area contributed by atoms with Gasteiger partial charge in [0.2, 0.25) is 0 Å². The minimum absolute atomic E-state index is 0.248. The van der Waals surface area contributed by atoms with Crippen molar-refractivity contribution in [2.24, 2.45) is 0 Å². The number of rotatable bonds is 2. The van der Waals surface area contributed by atoms with E-state index in [2.05, 4.69) is 0 Å². The molecule has 3 rings (SSSR count). The second-order valence-corrected chi connectivity index (χ2v) is 5.08. The monoisotopic (exact) mass is 303 g/mol. The fourth-order valence-corrected chi connectivity index (χ4v) is 2.66. The molecule has 0 aliphatic carbocycles. The number of phenols is 1. The summed E-state index contributed by atoms with van der Waals surface area (Å²) < 4.78 is 0. The zero-order valence-electron chi connectivity index (χ0n) is 10.7. The summed E-state index contributed by atoms with van der Waals surface area (Å²) in [6.45, 7) is 0.318. The van der Waals surface area contributed by atoms with Gasteiger partial charge in [0.05, 0.1) is 17.1 Å². The standard InChI is InChI=1S/C15H10ClNO4/c16-11-3-1-2-8-7-17(14(19)13(8)11)9-4-5-12(18)10(6-9)15(20)21/h1-6,18H,7H2,(H,20,21). The number of carbonyl (C=O) groups is 2. The highest BCUT2D eigenvalue weighted by molar-refractivity contribution is 6.35. The molecule has 0 aromatic heterocycles. The van der Waals surface area contributed by atoms with E-state index in [-0.39, 0.29) is 17.2 Å². The molecule has 2 aromatic rings. The smallest absolute Gasteiger partial charge is 0.339 e. The number of aromatic hydroxyl groups is 1. The van der Waals surface area contributed by atoms with Gasteiger partial charge in [0, 0.05) is 5.69 Å². The molecule has 0 atom stereocenters. The summed E-state index contributed by atoms with van der Waals surface area (Å²) in [5.41, 5.74) is 1.38. The lowest BCUT2D eigenvalue weighted by molar-refractivity contribution is 0.0693. The molecule has 0 saturated heterocycles. The topological polar surface area (TPSA) is 77.8 Å². The number of carbonyl (C=O) groups excluding carboxylic acids is 1. The third-order valence-corrected chi connectivity index (χ3v) is 3.72. The van der Waals surface area contributed by atoms with Gasteiger partial charge >= 0.3 is 5.97 Å². The Kier molecular flexibility index (Phi) is 3.07. The van der Waals surface area contributed by atoms with Crippen molar-refractivity contribution in [2.45, 2.75) is 6.54 Å². The lowest BCUT2D eigenvalue weighted by Gasteiger charge is -2.16. The van der Waals surface area contributed by atoms with Gasteiger partial charge in [-0.05, 0) is 29.8 Å². The highest BCUT2D eigenvalue weighted by Crippen LogP contribution is 2.34. The third kappa shape index (κ3) is 2.11. The van der Waals surface area contributed by atoms with E-state index in [1.807, 2.05) is 0 Å². The molecule has 0 bridgehead atoms. The van der Waals surface area contributed by atoms with E-state index in [0.717, 1.165) is 5.56 Å². The largest absolute Gasteiger partial charge is 0.507 e. The zero-order valence-corrected chi connectivity index (χ0v) is 11.5. The fourth-order valence-electron chi connectivity index (χ4n) is 2.39. The van der Waals surface area contributed by atoms with E-state index in [9.17, 15) is 14.7 Å². The van der Waals surface area contributed by atoms with Crippen molar-refractivity contribution in [3.63, 3.8) is 0 Å². The van der Waals surface area contributed by atoms with Crippen molar-refractivity contribution in [1.29, 1.82) is 0 Å². The number of hydrogen-bond donors (Lipinski definition) is 2. The van der Waals surface area contributed by atoms with Gasteiger partial charge in [0.1, 0.15) is 11.3 Å². The van der Waals surface area contributed by atoms with Crippen LogP contribution in [-0.2, 0) is 6.54 Å². The van der Waals surface area contributed by atoms with E-state index >= 15 is 0 Å². The van der Waals surface area contributed by atoms with Gasteiger partial charge in [-0.1, -0.05) is 23.7 Å². The van der Waals surface area contributed by atoms with Crippen molar-refractivity contribution < 1.29 is 19.8 Å². The molecule has 2 aromatic carbocycles. The normalized spacial score (nSPS) is 13.4. The average Bonchev–Trinajstić information content (AvgIpc) is 2.78. The van der Waals surface area contributed by atoms with E-state index in [0.29, 0.717) is 22.8 Å². The van der Waals surface area contributed by atoms with Crippen molar-refractivity contribution in [3.8, 4) is 5.75 Å². The zero-order chi connectivity index (χ0) is 15.1. The van der Waals surface area contributed by atoms with Gasteiger partial charge in [-0.25, -0.2) is 4.79 Å². The molecular formula is C15H10ClNO4. The second kappa shape index (κ2) is 4.79. The van der Waals surface area contributed by atoms with Crippen LogP contribution in [0.2, 0.25) is 5.02 Å². The lowest BCUT2D eigenvalue weighted by atomic mass is 10.1. The van der Waals surface area contributed by atoms with Crippen LogP contribution >= 0.6 is 11.6 Å². The molecule has 1 heterocycles. The van der Waals surface area contributed by atoms with Crippen LogP contribution in [0.4, 0.5) is 5.69 Å². The summed E-state index contributed by atoms with van der Waals surface area (Å²) in [5.74, 6) is -1.87. The molecule has 106 valence electrons. The van der Waals surface area contributed by atoms with Gasteiger partial charge in [0.25, 0.3) is 5.91 Å². The number of halogens is 1. The van der Waals surface area contributed by atoms with E-state index in [4.69, 9.17) is 16.7 Å². The molecular weight excluding hydrogens is 294 g/mol. The van der Waals surface area contributed by atoms with Crippen LogP contribution in [0.25, 0.3) is 0 Å². The van der Waals surface area contributed by atoms with Crippen LogP contribution in [0, 0.1) is 0 Å². The molecule has 1 aliphatic heterocycles. The molecule has 0 saturated carbocycles. The molecule has 5 nitrogen and oxygen atoms in total. The maximum Gasteiger partial charge on any atom is 0.339 e. The molecule has 21 heavy (non-hydrogen) atoms. The lowest BCUT2D eigenvalue weighted by Crippen LogP contribution is -2.23. The number of fused-ring (bicyclic) bond motifs is 1. The average molecular weight is 304 g/mol. The number of carboxylic acid groups (broad SMARTS) is 1. The Balaban J connectivity index is 2.05. The Bertz CT molecular complexity index is 772. The molecule has 6 heteroatoms. The number of anilines is 1. The number of nitrogens with zero attached hydrogens (tertiary/aromatic N) is 1. The van der Waals surface area contributed by atoms with Crippen molar-refractivity contribution in [3.05, 3.63) is 58.1 Å². The van der Waals surface area contributed by atoms with E-state index < -0.39 is 5.97 Å². The van der Waals surface area contributed by atoms with Crippen molar-refractivity contribution in [1.82, 2.24) is 0 Å². The van der Waals surface area contributed by atoms with Crippen LogP contribution in [0.15, 0.2) is 36.4 Å². The third-order valence-electron chi connectivity index (χ3n) is 3.41. The van der Waals surface area contributed by atoms with Gasteiger partial charge < -0.3 is 15.1 Å². The summed E-state index contributed by atoms with van der Waals surface area (Å²) in [4.78, 5) is 24.9. The van der Waals surface area contributed by atoms with E-state index in [1.165, 1.54) is 23.1 Å². The summed E-state index contributed by atoms with van der Waals surface area (Å²) in [7, 11) is 0. The number of hydrogen-bond acceptors (Lipinski definition) is 3. The first kappa shape index (κ1) is 13.5. The maximum absolute atomic E-state index is 12.4. The number of carboxylic acids is 1. The summed E-state index contributed by atoms with van der Waals surface area (Å²) >= 11 is 6.04. The van der Waals surface area contributed by atoms with Crippen LogP contribution in [-0.4, -0.2) is 22.1 Å². The van der Waals surface area contributed by atoms with Gasteiger partial charge in [-0.15, -0.1) is 0 Å². The van der Waals surface area contributed by atoms with Gasteiger partial charge in [0.15, 0.2) is 0 Å². The molecule has 1 amide bonds. The molecule has 2 N–H and O–H groups in total. The Morgan fingerprint density at radius 2 is 2.00 bits per heavy atom. The first-order valence-corrected chi connectivity index (χ1v) is 6.52. The second-order valence-electron chi connectivity index (χ2n) is 4.67. The SMILES string of the molecule is O=C(O)c1cc(N2Cc3cccc(Cl)c3C2=O)ccc1O. The highest BCUT2D eigenvalue weighted by Gasteiger charge is 2.31. The van der Waals surface area contributed by atoms with Crippen LogP contribution in [0.1, 0.15) is 26.3 Å². The summed E-state index contributed by atoms with van der Waals surface area (Å²) in [6.07, 6.45) is 0. The fraction of sp³-hybridized carbons (Fsp3) is 0.0667. The summed E-state index contributed by atoms with van der Waals surface area (Å²) in [6, 6.07) is 9.24. The number of aromatic carboxylic acids is 1. The van der Waals surface area contributed by atoms with Crippen molar-refractivity contribution in [2.75, 3.05) is 4.90 Å². The number of amides is 1. The number of benzene rings is 2. The van der Waals surface area contributed by atoms with Crippen LogP contribution in [0.3, 0.4) is 0 Å². The predicted octanol–water partition coefficient (Wildman–Crippen LogP) is 2.90. The quantitative estimate of drug-likeness (QED) is 0.894. The van der Waals surface area contributed by atoms with Crippen molar-refractivity contribution >= 4 is 29.2 Å². The molecule has 0 spiro atoms. The Morgan fingerprint density at radius 1 is 1.24 bits per heavy atom. The molecule has 0 unspecified atom stereocenters. The molecule has 1 aliphatic rings. The Labute approximate surface area is 125 Å². The maximum atomic E-state index is 12.4. The van der Waals surface area contributed by atoms with Gasteiger partial charge in [-0.3, -0.25) is 4.79 Å².